The van der Waals surface area contributed by atoms with Crippen LogP contribution in [0.2, 0.25) is 5.02 Å². The summed E-state index contributed by atoms with van der Waals surface area (Å²) in [7, 11) is 0. The lowest BCUT2D eigenvalue weighted by Gasteiger charge is -2.13. The molecule has 1 aromatic heterocycles. The summed E-state index contributed by atoms with van der Waals surface area (Å²) in [5, 5.41) is 0.659. The van der Waals surface area contributed by atoms with E-state index < -0.39 is 0 Å². The Balaban J connectivity index is 1.69. The zero-order valence-electron chi connectivity index (χ0n) is 11.3. The van der Waals surface area contributed by atoms with Crippen molar-refractivity contribution in [2.45, 2.75) is 19.4 Å². The quantitative estimate of drug-likeness (QED) is 0.816. The van der Waals surface area contributed by atoms with Crippen molar-refractivity contribution in [1.82, 2.24) is 4.90 Å². The van der Waals surface area contributed by atoms with E-state index in [0.717, 1.165) is 5.56 Å². The van der Waals surface area contributed by atoms with Gasteiger partial charge in [0, 0.05) is 11.4 Å². The molecule has 1 aromatic carbocycles. The van der Waals surface area contributed by atoms with Crippen molar-refractivity contribution in [1.29, 1.82) is 0 Å². The first-order valence-corrected chi connectivity index (χ1v) is 7.12. The van der Waals surface area contributed by atoms with Crippen LogP contribution in [0.5, 0.6) is 0 Å². The highest BCUT2D eigenvalue weighted by molar-refractivity contribution is 6.30. The Kier molecular flexibility index (Phi) is 3.80. The van der Waals surface area contributed by atoms with E-state index in [2.05, 4.69) is 0 Å². The zero-order chi connectivity index (χ0) is 14.8. The lowest BCUT2D eigenvalue weighted by Crippen LogP contribution is -2.30. The summed E-state index contributed by atoms with van der Waals surface area (Å²) in [6.45, 7) is 0.210. The molecule has 2 aromatic rings. The van der Waals surface area contributed by atoms with Crippen molar-refractivity contribution in [2.24, 2.45) is 5.92 Å². The summed E-state index contributed by atoms with van der Waals surface area (Å²) in [6.07, 6.45) is 2.34. The van der Waals surface area contributed by atoms with Crippen LogP contribution in [-0.2, 0) is 22.6 Å². The monoisotopic (exact) mass is 303 g/mol. The predicted octanol–water partition coefficient (Wildman–Crippen LogP) is 3.05. The molecule has 0 spiro atoms. The molecule has 4 nitrogen and oxygen atoms in total. The molecule has 0 N–H and O–H groups in total. The van der Waals surface area contributed by atoms with Crippen LogP contribution in [0.1, 0.15) is 17.7 Å². The molecule has 1 fully saturated rings. The molecular weight excluding hydrogens is 290 g/mol. The fourth-order valence-electron chi connectivity index (χ4n) is 2.54. The molecule has 1 atom stereocenters. The van der Waals surface area contributed by atoms with Crippen LogP contribution >= 0.6 is 11.6 Å². The topological polar surface area (TPSA) is 50.5 Å². The average Bonchev–Trinajstić information content (AvgIpc) is 3.06. The maximum atomic E-state index is 12.4. The van der Waals surface area contributed by atoms with E-state index in [1.807, 2.05) is 12.1 Å². The molecule has 2 amide bonds. The van der Waals surface area contributed by atoms with Gasteiger partial charge < -0.3 is 4.42 Å². The highest BCUT2D eigenvalue weighted by atomic mass is 35.5. The van der Waals surface area contributed by atoms with E-state index in [-0.39, 0.29) is 30.7 Å². The van der Waals surface area contributed by atoms with Crippen LogP contribution in [-0.4, -0.2) is 16.7 Å². The molecule has 108 valence electrons. The number of halogens is 1. The number of carbonyl (C=O) groups is 2. The van der Waals surface area contributed by atoms with Crippen molar-refractivity contribution in [3.05, 3.63) is 59.0 Å². The number of carbonyl (C=O) groups excluding carboxylic acids is 2. The fourth-order valence-corrected chi connectivity index (χ4v) is 2.67. The number of hydrogen-bond acceptors (Lipinski definition) is 3. The molecule has 1 aliphatic heterocycles. The molecule has 2 heterocycles. The molecule has 3 rings (SSSR count). The first-order chi connectivity index (χ1) is 10.1. The number of nitrogens with zero attached hydrogens (tertiary/aromatic N) is 1. The van der Waals surface area contributed by atoms with Gasteiger partial charge in [0.1, 0.15) is 5.76 Å². The largest absolute Gasteiger partial charge is 0.467 e. The molecule has 0 unspecified atom stereocenters. The first-order valence-electron chi connectivity index (χ1n) is 6.74. The van der Waals surface area contributed by atoms with Crippen LogP contribution < -0.4 is 0 Å². The van der Waals surface area contributed by atoms with Gasteiger partial charge in [-0.15, -0.1) is 0 Å². The maximum absolute atomic E-state index is 12.4. The van der Waals surface area contributed by atoms with E-state index in [1.54, 1.807) is 24.3 Å². The Morgan fingerprint density at radius 3 is 2.62 bits per heavy atom. The average molecular weight is 304 g/mol. The SMILES string of the molecule is O=C1C[C@H](Cc2ccc(Cl)cc2)C(=O)N1Cc1ccco1. The van der Waals surface area contributed by atoms with Gasteiger partial charge in [0.15, 0.2) is 0 Å². The Morgan fingerprint density at radius 2 is 1.95 bits per heavy atom. The Labute approximate surface area is 127 Å². The number of furan rings is 1. The summed E-state index contributed by atoms with van der Waals surface area (Å²) >= 11 is 5.84. The highest BCUT2D eigenvalue weighted by Crippen LogP contribution is 2.25. The van der Waals surface area contributed by atoms with Crippen molar-refractivity contribution >= 4 is 23.4 Å². The van der Waals surface area contributed by atoms with E-state index >= 15 is 0 Å². The number of benzene rings is 1. The lowest BCUT2D eigenvalue weighted by atomic mass is 9.98. The smallest absolute Gasteiger partial charge is 0.233 e. The molecule has 0 radical (unpaired) electrons. The van der Waals surface area contributed by atoms with Crippen molar-refractivity contribution in [3.63, 3.8) is 0 Å². The van der Waals surface area contributed by atoms with Crippen molar-refractivity contribution in [3.8, 4) is 0 Å². The van der Waals surface area contributed by atoms with Gasteiger partial charge in [-0.1, -0.05) is 23.7 Å². The molecule has 0 bridgehead atoms. The molecule has 1 aliphatic rings. The number of rotatable bonds is 4. The van der Waals surface area contributed by atoms with E-state index in [9.17, 15) is 9.59 Å². The van der Waals surface area contributed by atoms with Crippen LogP contribution in [0.3, 0.4) is 0 Å². The highest BCUT2D eigenvalue weighted by Gasteiger charge is 2.38. The van der Waals surface area contributed by atoms with Gasteiger partial charge in [-0.2, -0.15) is 0 Å². The van der Waals surface area contributed by atoms with Crippen molar-refractivity contribution < 1.29 is 14.0 Å². The third-order valence-corrected chi connectivity index (χ3v) is 3.88. The van der Waals surface area contributed by atoms with Crippen LogP contribution in [0.25, 0.3) is 0 Å². The Bertz CT molecular complexity index is 649. The van der Waals surface area contributed by atoms with Crippen LogP contribution in [0, 0.1) is 5.92 Å². The van der Waals surface area contributed by atoms with E-state index in [4.69, 9.17) is 16.0 Å². The number of amides is 2. The molecule has 0 saturated carbocycles. The predicted molar refractivity (Wildman–Crippen MR) is 77.5 cm³/mol. The zero-order valence-corrected chi connectivity index (χ0v) is 12.0. The molecule has 21 heavy (non-hydrogen) atoms. The summed E-state index contributed by atoms with van der Waals surface area (Å²) in [6, 6.07) is 10.8. The second kappa shape index (κ2) is 5.74. The van der Waals surface area contributed by atoms with E-state index in [0.29, 0.717) is 17.2 Å². The molecule has 5 heteroatoms. The summed E-state index contributed by atoms with van der Waals surface area (Å²) in [5.41, 5.74) is 1.00. The van der Waals surface area contributed by atoms with Crippen molar-refractivity contribution in [2.75, 3.05) is 0 Å². The standard InChI is InChI=1S/C16H14ClNO3/c17-13-5-3-11(4-6-13)8-12-9-15(19)18(16(12)20)10-14-2-1-7-21-14/h1-7,12H,8-10H2/t12-/m0/s1. The Morgan fingerprint density at radius 1 is 1.19 bits per heavy atom. The first kappa shape index (κ1) is 13.9. The number of hydrogen-bond donors (Lipinski definition) is 0. The summed E-state index contributed by atoms with van der Waals surface area (Å²) in [5.74, 6) is 0.0409. The minimum absolute atomic E-state index is 0.133. The summed E-state index contributed by atoms with van der Waals surface area (Å²) < 4.78 is 5.20. The van der Waals surface area contributed by atoms with Gasteiger partial charge >= 0.3 is 0 Å². The van der Waals surface area contributed by atoms with Gasteiger partial charge in [0.25, 0.3) is 0 Å². The van der Waals surface area contributed by atoms with Gasteiger partial charge in [0.2, 0.25) is 11.8 Å². The lowest BCUT2D eigenvalue weighted by molar-refractivity contribution is -0.140. The fraction of sp³-hybridized carbons (Fsp3) is 0.250. The molecule has 1 saturated heterocycles. The number of imide groups is 1. The minimum Gasteiger partial charge on any atom is -0.467 e. The Hall–Kier alpha value is -2.07. The van der Waals surface area contributed by atoms with Crippen LogP contribution in [0.4, 0.5) is 0 Å². The van der Waals surface area contributed by atoms with Gasteiger partial charge in [-0.05, 0) is 36.2 Å². The minimum atomic E-state index is -0.298. The third kappa shape index (κ3) is 3.00. The molecule has 0 aliphatic carbocycles. The number of likely N-dealkylation sites (tertiary alicyclic amines) is 1. The summed E-state index contributed by atoms with van der Waals surface area (Å²) in [4.78, 5) is 25.6. The van der Waals surface area contributed by atoms with Crippen LogP contribution in [0.15, 0.2) is 47.1 Å². The normalized spacial score (nSPS) is 18.5. The second-order valence-corrected chi connectivity index (χ2v) is 5.57. The van der Waals surface area contributed by atoms with Gasteiger partial charge in [-0.3, -0.25) is 14.5 Å². The second-order valence-electron chi connectivity index (χ2n) is 5.13. The van der Waals surface area contributed by atoms with E-state index in [1.165, 1.54) is 11.2 Å². The maximum Gasteiger partial charge on any atom is 0.233 e. The van der Waals surface area contributed by atoms with Gasteiger partial charge in [-0.25, -0.2) is 0 Å². The third-order valence-electron chi connectivity index (χ3n) is 3.63. The molecular formula is C16H14ClNO3. The van der Waals surface area contributed by atoms with Gasteiger partial charge in [0.05, 0.1) is 18.7 Å².